The summed E-state index contributed by atoms with van der Waals surface area (Å²) in [4.78, 5) is 19.6. The zero-order valence-corrected chi connectivity index (χ0v) is 15.2. The largest absolute Gasteiger partial charge is 0.308 e. The molecule has 24 heavy (non-hydrogen) atoms. The number of thioether (sulfide) groups is 1. The molecule has 3 aromatic rings. The lowest BCUT2D eigenvalue weighted by atomic mass is 10.1. The van der Waals surface area contributed by atoms with Gasteiger partial charge < -0.3 is 4.90 Å². The first-order chi connectivity index (χ1) is 11.6. The Labute approximate surface area is 149 Å². The zero-order valence-electron chi connectivity index (χ0n) is 13.6. The number of aromatic nitrogens is 1. The van der Waals surface area contributed by atoms with Crippen LogP contribution in [0.15, 0.2) is 52.9 Å². The number of nitrogens with zero attached hydrogens (tertiary/aromatic N) is 2. The number of para-hydroxylation sites is 2. The Bertz CT molecular complexity index is 872. The highest BCUT2D eigenvalue weighted by molar-refractivity contribution is 8.02. The number of anilines is 1. The van der Waals surface area contributed by atoms with Crippen molar-refractivity contribution in [3.05, 3.63) is 54.1 Å². The number of hydrogen-bond acceptors (Lipinski definition) is 4. The van der Waals surface area contributed by atoms with Crippen molar-refractivity contribution >= 4 is 44.9 Å². The van der Waals surface area contributed by atoms with Crippen LogP contribution in [0.25, 0.3) is 10.2 Å². The van der Waals surface area contributed by atoms with Crippen LogP contribution in [0.5, 0.6) is 0 Å². The number of fused-ring (bicyclic) bond motifs is 2. The molecule has 0 unspecified atom stereocenters. The first kappa shape index (κ1) is 15.7. The van der Waals surface area contributed by atoms with E-state index in [1.54, 1.807) is 23.1 Å². The minimum absolute atomic E-state index is 0.154. The number of amides is 1. The molecule has 4 rings (SSSR count). The lowest BCUT2D eigenvalue weighted by Gasteiger charge is -2.25. The van der Waals surface area contributed by atoms with Crippen LogP contribution in [-0.4, -0.2) is 22.2 Å². The Morgan fingerprint density at radius 3 is 2.83 bits per heavy atom. The van der Waals surface area contributed by atoms with Gasteiger partial charge in [-0.1, -0.05) is 42.1 Å². The maximum absolute atomic E-state index is 13.0. The van der Waals surface area contributed by atoms with E-state index in [1.165, 1.54) is 10.3 Å². The Hall–Kier alpha value is -1.85. The van der Waals surface area contributed by atoms with Crippen molar-refractivity contribution in [2.75, 3.05) is 4.90 Å². The van der Waals surface area contributed by atoms with Gasteiger partial charge in [0.15, 0.2) is 4.34 Å². The van der Waals surface area contributed by atoms with Crippen LogP contribution in [0.4, 0.5) is 5.69 Å². The summed E-state index contributed by atoms with van der Waals surface area (Å²) in [5.41, 5.74) is 3.33. The van der Waals surface area contributed by atoms with Gasteiger partial charge >= 0.3 is 0 Å². The molecule has 0 aliphatic carbocycles. The fourth-order valence-corrected chi connectivity index (χ4v) is 5.46. The van der Waals surface area contributed by atoms with E-state index in [0.717, 1.165) is 22.0 Å². The van der Waals surface area contributed by atoms with Crippen molar-refractivity contribution in [1.29, 1.82) is 0 Å². The summed E-state index contributed by atoms with van der Waals surface area (Å²) in [6, 6.07) is 16.5. The molecule has 122 valence electrons. The molecule has 1 aliphatic rings. The third-order valence-corrected chi connectivity index (χ3v) is 6.56. The Morgan fingerprint density at radius 2 is 2.00 bits per heavy atom. The normalized spacial score (nSPS) is 17.9. The molecule has 0 saturated heterocycles. The fourth-order valence-electron chi connectivity index (χ4n) is 3.20. The summed E-state index contributed by atoms with van der Waals surface area (Å²) >= 11 is 3.21. The third kappa shape index (κ3) is 2.72. The first-order valence-electron chi connectivity index (χ1n) is 8.06. The average Bonchev–Trinajstić information content (AvgIpc) is 3.13. The quantitative estimate of drug-likeness (QED) is 0.636. The van der Waals surface area contributed by atoms with E-state index in [9.17, 15) is 4.79 Å². The van der Waals surface area contributed by atoms with Gasteiger partial charge in [0.05, 0.1) is 15.5 Å². The molecular weight excluding hydrogens is 336 g/mol. The van der Waals surface area contributed by atoms with E-state index in [4.69, 9.17) is 0 Å². The monoisotopic (exact) mass is 354 g/mol. The molecule has 0 spiro atoms. The van der Waals surface area contributed by atoms with E-state index in [-0.39, 0.29) is 17.2 Å². The number of carbonyl (C=O) groups is 1. The zero-order chi connectivity index (χ0) is 16.7. The van der Waals surface area contributed by atoms with Gasteiger partial charge in [0.2, 0.25) is 5.91 Å². The second kappa shape index (κ2) is 6.22. The van der Waals surface area contributed by atoms with Gasteiger partial charge in [-0.3, -0.25) is 4.79 Å². The topological polar surface area (TPSA) is 33.2 Å². The minimum atomic E-state index is -0.154. The molecule has 1 amide bonds. The predicted molar refractivity (Wildman–Crippen MR) is 102 cm³/mol. The van der Waals surface area contributed by atoms with Gasteiger partial charge in [-0.15, -0.1) is 11.3 Å². The van der Waals surface area contributed by atoms with Crippen LogP contribution in [0.3, 0.4) is 0 Å². The minimum Gasteiger partial charge on any atom is -0.308 e. The average molecular weight is 355 g/mol. The second-order valence-electron chi connectivity index (χ2n) is 6.10. The summed E-state index contributed by atoms with van der Waals surface area (Å²) in [6.07, 6.45) is 0.931. The molecule has 2 heterocycles. The van der Waals surface area contributed by atoms with Crippen molar-refractivity contribution in [3.8, 4) is 0 Å². The molecule has 1 aromatic heterocycles. The highest BCUT2D eigenvalue weighted by Crippen LogP contribution is 2.36. The van der Waals surface area contributed by atoms with Crippen LogP contribution < -0.4 is 4.90 Å². The molecule has 0 radical (unpaired) electrons. The van der Waals surface area contributed by atoms with Gasteiger partial charge in [0.25, 0.3) is 0 Å². The maximum atomic E-state index is 13.0. The number of hydrogen-bond donors (Lipinski definition) is 0. The molecule has 3 nitrogen and oxygen atoms in total. The number of thiazole rings is 1. The molecular formula is C19H18N2OS2. The molecule has 2 aromatic carbocycles. The molecule has 0 bridgehead atoms. The maximum Gasteiger partial charge on any atom is 0.240 e. The van der Waals surface area contributed by atoms with E-state index in [0.29, 0.717) is 0 Å². The van der Waals surface area contributed by atoms with Crippen molar-refractivity contribution in [2.24, 2.45) is 0 Å². The fraction of sp³-hybridized carbons (Fsp3) is 0.263. The van der Waals surface area contributed by atoms with E-state index in [2.05, 4.69) is 24.0 Å². The van der Waals surface area contributed by atoms with Crippen molar-refractivity contribution in [3.63, 3.8) is 0 Å². The third-order valence-electron chi connectivity index (χ3n) is 4.34. The smallest absolute Gasteiger partial charge is 0.240 e. The van der Waals surface area contributed by atoms with Crippen molar-refractivity contribution in [1.82, 2.24) is 4.98 Å². The summed E-state index contributed by atoms with van der Waals surface area (Å²) in [5.74, 6) is 0.164. The summed E-state index contributed by atoms with van der Waals surface area (Å²) in [6.45, 7) is 4.10. The lowest BCUT2D eigenvalue weighted by molar-refractivity contribution is -0.118. The van der Waals surface area contributed by atoms with Crippen molar-refractivity contribution in [2.45, 2.75) is 35.9 Å². The van der Waals surface area contributed by atoms with Crippen LogP contribution in [-0.2, 0) is 11.2 Å². The number of rotatable bonds is 3. The van der Waals surface area contributed by atoms with Crippen LogP contribution in [0, 0.1) is 0 Å². The van der Waals surface area contributed by atoms with E-state index < -0.39 is 0 Å². The highest BCUT2D eigenvalue weighted by atomic mass is 32.2. The lowest BCUT2D eigenvalue weighted by Crippen LogP contribution is -2.40. The summed E-state index contributed by atoms with van der Waals surface area (Å²) < 4.78 is 2.12. The summed E-state index contributed by atoms with van der Waals surface area (Å²) in [7, 11) is 0. The Kier molecular flexibility index (Phi) is 4.06. The predicted octanol–water partition coefficient (Wildman–Crippen LogP) is 4.75. The van der Waals surface area contributed by atoms with E-state index in [1.807, 2.05) is 48.2 Å². The van der Waals surface area contributed by atoms with Gasteiger partial charge in [0, 0.05) is 11.7 Å². The van der Waals surface area contributed by atoms with Gasteiger partial charge in [-0.2, -0.15) is 0 Å². The number of benzene rings is 2. The van der Waals surface area contributed by atoms with E-state index >= 15 is 0 Å². The van der Waals surface area contributed by atoms with Gasteiger partial charge in [-0.05, 0) is 44.0 Å². The van der Waals surface area contributed by atoms with Crippen molar-refractivity contribution < 1.29 is 4.79 Å². The second-order valence-corrected chi connectivity index (χ2v) is 8.72. The number of carbonyl (C=O) groups excluding carboxylic acids is 1. The molecule has 0 saturated carbocycles. The standard InChI is InChI=1S/C19H18N2OS2/c1-12-11-14-7-3-5-9-16(14)21(12)18(22)13(2)23-19-20-15-8-4-6-10-17(15)24-19/h3-10,12-13H,11H2,1-2H3/t12-,13+/m1/s1. The first-order valence-corrected chi connectivity index (χ1v) is 9.76. The summed E-state index contributed by atoms with van der Waals surface area (Å²) in [5, 5.41) is -0.154. The Balaban J connectivity index is 1.56. The van der Waals surface area contributed by atoms with Gasteiger partial charge in [0.1, 0.15) is 0 Å². The molecule has 1 aliphatic heterocycles. The van der Waals surface area contributed by atoms with Gasteiger partial charge in [-0.25, -0.2) is 4.98 Å². The van der Waals surface area contributed by atoms with Crippen LogP contribution in [0.1, 0.15) is 19.4 Å². The van der Waals surface area contributed by atoms with Crippen LogP contribution >= 0.6 is 23.1 Å². The molecule has 5 heteroatoms. The molecule has 0 N–H and O–H groups in total. The SMILES string of the molecule is C[C@H](Sc1nc2ccccc2s1)C(=O)N1c2ccccc2C[C@H]1C. The highest BCUT2D eigenvalue weighted by Gasteiger charge is 2.33. The van der Waals surface area contributed by atoms with Crippen LogP contribution in [0.2, 0.25) is 0 Å². The Morgan fingerprint density at radius 1 is 1.25 bits per heavy atom. The molecule has 2 atom stereocenters. The molecule has 0 fully saturated rings.